The van der Waals surface area contributed by atoms with Gasteiger partial charge in [0.25, 0.3) is 0 Å². The molecule has 0 fully saturated rings. The van der Waals surface area contributed by atoms with E-state index < -0.39 is 9.84 Å². The maximum absolute atomic E-state index is 11.2. The number of sulfone groups is 1. The van der Waals surface area contributed by atoms with Crippen LogP contribution in [-0.2, 0) is 16.3 Å². The molecule has 1 unspecified atom stereocenters. The number of halogens is 2. The monoisotopic (exact) mass is 423 g/mol. The standard InChI is InChI=1S/C15H23BrClN3O2S/c1-11(7-9-23(3,21)22)20-15(18-2)19-8-6-12-10-13(17)4-5-14(12)16/h4-5,10-11H,6-9H2,1-3H3,(H2,18,19,20). The van der Waals surface area contributed by atoms with Crippen LogP contribution in [0, 0.1) is 0 Å². The average Bonchev–Trinajstić information content (AvgIpc) is 2.47. The second-order valence-corrected chi connectivity index (χ2v) is 9.00. The van der Waals surface area contributed by atoms with E-state index in [0.29, 0.717) is 23.9 Å². The number of hydrogen-bond donors (Lipinski definition) is 2. The van der Waals surface area contributed by atoms with Gasteiger partial charge in [0, 0.05) is 35.4 Å². The van der Waals surface area contributed by atoms with Crippen molar-refractivity contribution in [2.45, 2.75) is 25.8 Å². The third kappa shape index (κ3) is 8.58. The highest BCUT2D eigenvalue weighted by Gasteiger charge is 2.09. The van der Waals surface area contributed by atoms with Gasteiger partial charge in [0.15, 0.2) is 5.96 Å². The highest BCUT2D eigenvalue weighted by Crippen LogP contribution is 2.21. The third-order valence-corrected chi connectivity index (χ3v) is 5.21. The average molecular weight is 425 g/mol. The Bertz CT molecular complexity index is 650. The molecule has 0 spiro atoms. The molecule has 0 heterocycles. The van der Waals surface area contributed by atoms with Crippen molar-refractivity contribution < 1.29 is 8.42 Å². The molecular formula is C15H23BrClN3O2S. The fraction of sp³-hybridized carbons (Fsp3) is 0.533. The van der Waals surface area contributed by atoms with Crippen molar-refractivity contribution in [1.82, 2.24) is 10.6 Å². The van der Waals surface area contributed by atoms with Gasteiger partial charge in [0.2, 0.25) is 0 Å². The summed E-state index contributed by atoms with van der Waals surface area (Å²) in [6.45, 7) is 2.63. The lowest BCUT2D eigenvalue weighted by molar-refractivity contribution is 0.581. The van der Waals surface area contributed by atoms with Crippen LogP contribution in [0.1, 0.15) is 18.9 Å². The molecule has 2 N–H and O–H groups in total. The number of aliphatic imine (C=N–C) groups is 1. The normalized spacial score (nSPS) is 13.7. The summed E-state index contributed by atoms with van der Waals surface area (Å²) in [5.74, 6) is 0.817. The molecule has 1 aromatic rings. The first-order chi connectivity index (χ1) is 10.7. The summed E-state index contributed by atoms with van der Waals surface area (Å²) in [6.07, 6.45) is 2.58. The summed E-state index contributed by atoms with van der Waals surface area (Å²) in [6, 6.07) is 5.72. The Balaban J connectivity index is 2.44. The molecule has 23 heavy (non-hydrogen) atoms. The molecule has 130 valence electrons. The number of nitrogens with zero attached hydrogens (tertiary/aromatic N) is 1. The number of hydrogen-bond acceptors (Lipinski definition) is 3. The Labute approximate surface area is 152 Å². The van der Waals surface area contributed by atoms with Gasteiger partial charge in [-0.3, -0.25) is 4.99 Å². The van der Waals surface area contributed by atoms with Gasteiger partial charge >= 0.3 is 0 Å². The van der Waals surface area contributed by atoms with Crippen LogP contribution in [0.25, 0.3) is 0 Å². The molecule has 8 heteroatoms. The molecule has 0 aliphatic heterocycles. The van der Waals surface area contributed by atoms with Crippen molar-refractivity contribution >= 4 is 43.3 Å². The number of benzene rings is 1. The van der Waals surface area contributed by atoms with E-state index in [1.54, 1.807) is 7.05 Å². The lowest BCUT2D eigenvalue weighted by atomic mass is 10.1. The van der Waals surface area contributed by atoms with E-state index in [0.717, 1.165) is 16.5 Å². The molecule has 0 saturated heterocycles. The Kier molecular flexibility index (Phi) is 8.36. The zero-order valence-electron chi connectivity index (χ0n) is 13.6. The quantitative estimate of drug-likeness (QED) is 0.521. The molecule has 1 aromatic carbocycles. The Morgan fingerprint density at radius 2 is 2.13 bits per heavy atom. The topological polar surface area (TPSA) is 70.6 Å². The fourth-order valence-corrected chi connectivity index (χ4v) is 3.36. The smallest absolute Gasteiger partial charge is 0.191 e. The van der Waals surface area contributed by atoms with Crippen molar-refractivity contribution in [1.29, 1.82) is 0 Å². The largest absolute Gasteiger partial charge is 0.356 e. The lowest BCUT2D eigenvalue weighted by Gasteiger charge is -2.17. The first kappa shape index (κ1) is 20.3. The van der Waals surface area contributed by atoms with Gasteiger partial charge in [-0.25, -0.2) is 8.42 Å². The summed E-state index contributed by atoms with van der Waals surface area (Å²) in [7, 11) is -1.25. The highest BCUT2D eigenvalue weighted by atomic mass is 79.9. The Morgan fingerprint density at radius 3 is 2.74 bits per heavy atom. The maximum atomic E-state index is 11.2. The molecule has 0 bridgehead atoms. The molecular weight excluding hydrogens is 402 g/mol. The van der Waals surface area contributed by atoms with E-state index in [1.165, 1.54) is 6.26 Å². The fourth-order valence-electron chi connectivity index (χ4n) is 1.94. The molecule has 1 rings (SSSR count). The lowest BCUT2D eigenvalue weighted by Crippen LogP contribution is -2.43. The summed E-state index contributed by atoms with van der Waals surface area (Å²) in [5, 5.41) is 7.11. The van der Waals surface area contributed by atoms with Crippen LogP contribution in [0.3, 0.4) is 0 Å². The molecule has 0 amide bonds. The SMILES string of the molecule is CN=C(NCCc1cc(Cl)ccc1Br)NC(C)CCS(C)(=O)=O. The van der Waals surface area contributed by atoms with E-state index in [2.05, 4.69) is 31.6 Å². The summed E-state index contributed by atoms with van der Waals surface area (Å²) >= 11 is 9.50. The second-order valence-electron chi connectivity index (χ2n) is 5.45. The molecule has 0 aliphatic carbocycles. The van der Waals surface area contributed by atoms with Crippen molar-refractivity contribution in [2.24, 2.45) is 4.99 Å². The maximum Gasteiger partial charge on any atom is 0.191 e. The highest BCUT2D eigenvalue weighted by molar-refractivity contribution is 9.10. The van der Waals surface area contributed by atoms with Gasteiger partial charge in [-0.1, -0.05) is 27.5 Å². The van der Waals surface area contributed by atoms with Crippen LogP contribution in [0.5, 0.6) is 0 Å². The first-order valence-electron chi connectivity index (χ1n) is 7.30. The van der Waals surface area contributed by atoms with E-state index in [1.807, 2.05) is 25.1 Å². The number of nitrogens with one attached hydrogen (secondary N) is 2. The molecule has 0 aromatic heterocycles. The van der Waals surface area contributed by atoms with Crippen molar-refractivity contribution in [3.8, 4) is 0 Å². The van der Waals surface area contributed by atoms with Gasteiger partial charge in [-0.15, -0.1) is 0 Å². The van der Waals surface area contributed by atoms with Crippen LogP contribution in [0.15, 0.2) is 27.7 Å². The van der Waals surface area contributed by atoms with Gasteiger partial charge in [0.05, 0.1) is 5.75 Å². The predicted octanol–water partition coefficient (Wildman–Crippen LogP) is 2.63. The van der Waals surface area contributed by atoms with Crippen molar-refractivity contribution in [2.75, 3.05) is 25.6 Å². The number of rotatable bonds is 7. The van der Waals surface area contributed by atoms with Crippen molar-refractivity contribution in [3.05, 3.63) is 33.3 Å². The molecule has 0 saturated carbocycles. The molecule has 1 atom stereocenters. The first-order valence-corrected chi connectivity index (χ1v) is 10.5. The Hall–Kier alpha value is -0.790. The zero-order valence-corrected chi connectivity index (χ0v) is 16.7. The molecule has 0 aliphatic rings. The van der Waals surface area contributed by atoms with Gasteiger partial charge < -0.3 is 10.6 Å². The predicted molar refractivity (Wildman–Crippen MR) is 101 cm³/mol. The summed E-state index contributed by atoms with van der Waals surface area (Å²) in [4.78, 5) is 4.15. The van der Waals surface area contributed by atoms with Gasteiger partial charge in [-0.05, 0) is 43.5 Å². The molecule has 5 nitrogen and oxygen atoms in total. The summed E-state index contributed by atoms with van der Waals surface area (Å²) < 4.78 is 23.4. The van der Waals surface area contributed by atoms with E-state index in [4.69, 9.17) is 11.6 Å². The zero-order chi connectivity index (χ0) is 17.5. The number of guanidine groups is 1. The Morgan fingerprint density at radius 1 is 1.43 bits per heavy atom. The minimum Gasteiger partial charge on any atom is -0.356 e. The van der Waals surface area contributed by atoms with E-state index in [9.17, 15) is 8.42 Å². The molecule has 0 radical (unpaired) electrons. The van der Waals surface area contributed by atoms with Gasteiger partial charge in [0.1, 0.15) is 9.84 Å². The summed E-state index contributed by atoms with van der Waals surface area (Å²) in [5.41, 5.74) is 1.12. The van der Waals surface area contributed by atoms with Gasteiger partial charge in [-0.2, -0.15) is 0 Å². The van der Waals surface area contributed by atoms with E-state index >= 15 is 0 Å². The van der Waals surface area contributed by atoms with Crippen LogP contribution in [0.2, 0.25) is 5.02 Å². The minimum absolute atomic E-state index is 0.0221. The van der Waals surface area contributed by atoms with Crippen LogP contribution >= 0.6 is 27.5 Å². The van der Waals surface area contributed by atoms with Crippen molar-refractivity contribution in [3.63, 3.8) is 0 Å². The van der Waals surface area contributed by atoms with Crippen LogP contribution < -0.4 is 10.6 Å². The third-order valence-electron chi connectivity index (χ3n) is 3.22. The van der Waals surface area contributed by atoms with Crippen LogP contribution in [0.4, 0.5) is 0 Å². The minimum atomic E-state index is -2.94. The van der Waals surface area contributed by atoms with E-state index in [-0.39, 0.29) is 11.8 Å². The van der Waals surface area contributed by atoms with Crippen LogP contribution in [-0.4, -0.2) is 46.0 Å². The second kappa shape index (κ2) is 9.49.